The predicted molar refractivity (Wildman–Crippen MR) is 103 cm³/mol. The molecule has 1 fully saturated rings. The van der Waals surface area contributed by atoms with Gasteiger partial charge >= 0.3 is 0 Å². The molecule has 0 aliphatic carbocycles. The molecule has 1 saturated heterocycles. The van der Waals surface area contributed by atoms with Crippen LogP contribution in [0.25, 0.3) is 11.0 Å². The molecule has 3 heterocycles. The van der Waals surface area contributed by atoms with E-state index in [9.17, 15) is 5.11 Å². The van der Waals surface area contributed by atoms with Gasteiger partial charge in [-0.1, -0.05) is 0 Å². The number of aromatic amines is 1. The lowest BCUT2D eigenvalue weighted by Crippen LogP contribution is -2.21. The van der Waals surface area contributed by atoms with Crippen LogP contribution in [-0.2, 0) is 6.54 Å². The van der Waals surface area contributed by atoms with Gasteiger partial charge in [-0.15, -0.1) is 12.3 Å². The van der Waals surface area contributed by atoms with Crippen LogP contribution in [0, 0.1) is 18.3 Å². The first-order valence-electron chi connectivity index (χ1n) is 8.67. The van der Waals surface area contributed by atoms with Crippen molar-refractivity contribution >= 4 is 28.6 Å². The molecule has 7 heteroatoms. The lowest BCUT2D eigenvalue weighted by Gasteiger charge is -2.14. The number of aromatic nitrogens is 3. The van der Waals surface area contributed by atoms with Gasteiger partial charge in [0.15, 0.2) is 5.82 Å². The zero-order valence-electron chi connectivity index (χ0n) is 14.3. The molecule has 1 aliphatic heterocycles. The molecule has 0 aromatic carbocycles. The van der Waals surface area contributed by atoms with E-state index in [1.165, 1.54) is 6.33 Å². The molecule has 0 radical (unpaired) electrons. The highest BCUT2D eigenvalue weighted by atomic mass is 32.2. The summed E-state index contributed by atoms with van der Waals surface area (Å²) in [7, 11) is 0. The number of β-amino-alcohol motifs (C(OH)–C–C–N with tert-alkyl or cyclic N) is 1. The number of hydrogen-bond acceptors (Lipinski definition) is 6. The number of nitrogen functional groups attached to an aromatic ring is 1. The van der Waals surface area contributed by atoms with Crippen LogP contribution in [0.2, 0.25) is 0 Å². The fraction of sp³-hybridized carbons (Fsp3) is 0.556. The van der Waals surface area contributed by atoms with E-state index in [0.717, 1.165) is 60.5 Å². The highest BCUT2D eigenvalue weighted by Gasteiger charge is 2.31. The Morgan fingerprint density at radius 1 is 1.40 bits per heavy atom. The SMILES string of the molecule is C#CCCCCSCC1CN(Cc2c[nH]c3c(N)ncnc23)CC1O. The molecule has 0 bridgehead atoms. The molecule has 1 aliphatic rings. The molecule has 0 spiro atoms. The number of likely N-dealkylation sites (tertiary alicyclic amines) is 1. The Balaban J connectivity index is 1.50. The molecule has 2 atom stereocenters. The van der Waals surface area contributed by atoms with Gasteiger partial charge in [0.1, 0.15) is 11.8 Å². The minimum atomic E-state index is -0.261. The quantitative estimate of drug-likeness (QED) is 0.492. The van der Waals surface area contributed by atoms with E-state index in [-0.39, 0.29) is 6.10 Å². The Kier molecular flexibility index (Phi) is 6.19. The van der Waals surface area contributed by atoms with Gasteiger partial charge in [0.05, 0.1) is 11.6 Å². The summed E-state index contributed by atoms with van der Waals surface area (Å²) in [6, 6.07) is 0. The Morgan fingerprint density at radius 2 is 2.28 bits per heavy atom. The van der Waals surface area contributed by atoms with Crippen molar-refractivity contribution in [3.05, 3.63) is 18.1 Å². The van der Waals surface area contributed by atoms with E-state index in [1.807, 2.05) is 18.0 Å². The molecular formula is C18H25N5OS. The van der Waals surface area contributed by atoms with Crippen molar-refractivity contribution in [3.8, 4) is 12.3 Å². The highest BCUT2D eigenvalue weighted by Crippen LogP contribution is 2.26. The average molecular weight is 359 g/mol. The van der Waals surface area contributed by atoms with Gasteiger partial charge in [-0.25, -0.2) is 9.97 Å². The zero-order chi connectivity index (χ0) is 17.6. The van der Waals surface area contributed by atoms with Crippen molar-refractivity contribution in [2.45, 2.75) is 31.9 Å². The number of fused-ring (bicyclic) bond motifs is 1. The summed E-state index contributed by atoms with van der Waals surface area (Å²) < 4.78 is 0. The third kappa shape index (κ3) is 4.46. The van der Waals surface area contributed by atoms with Gasteiger partial charge in [-0.3, -0.25) is 4.90 Å². The number of unbranched alkanes of at least 4 members (excludes halogenated alkanes) is 2. The molecule has 134 valence electrons. The number of nitrogens with zero attached hydrogens (tertiary/aromatic N) is 3. The summed E-state index contributed by atoms with van der Waals surface area (Å²) in [4.78, 5) is 13.8. The molecule has 6 nitrogen and oxygen atoms in total. The van der Waals surface area contributed by atoms with Gasteiger partial charge in [0.2, 0.25) is 0 Å². The number of nitrogens with one attached hydrogen (secondary N) is 1. The summed E-state index contributed by atoms with van der Waals surface area (Å²) in [5.41, 5.74) is 8.62. The van der Waals surface area contributed by atoms with E-state index in [4.69, 9.17) is 12.2 Å². The Hall–Kier alpha value is -1.75. The van der Waals surface area contributed by atoms with Crippen molar-refractivity contribution in [2.24, 2.45) is 5.92 Å². The fourth-order valence-corrected chi connectivity index (χ4v) is 4.48. The lowest BCUT2D eigenvalue weighted by atomic mass is 10.1. The first-order valence-corrected chi connectivity index (χ1v) is 9.82. The van der Waals surface area contributed by atoms with Gasteiger partial charge in [0, 0.05) is 43.7 Å². The minimum absolute atomic E-state index is 0.261. The first kappa shape index (κ1) is 18.1. The third-order valence-electron chi connectivity index (χ3n) is 4.64. The van der Waals surface area contributed by atoms with E-state index >= 15 is 0 Å². The molecule has 4 N–H and O–H groups in total. The van der Waals surface area contributed by atoms with Crippen molar-refractivity contribution in [1.82, 2.24) is 19.9 Å². The van der Waals surface area contributed by atoms with Crippen LogP contribution >= 0.6 is 11.8 Å². The molecule has 2 aromatic rings. The average Bonchev–Trinajstić information content (AvgIpc) is 3.16. The maximum absolute atomic E-state index is 10.4. The van der Waals surface area contributed by atoms with Crippen LogP contribution in [0.4, 0.5) is 5.82 Å². The van der Waals surface area contributed by atoms with Gasteiger partial charge in [0.25, 0.3) is 0 Å². The van der Waals surface area contributed by atoms with E-state index in [0.29, 0.717) is 18.3 Å². The molecule has 3 rings (SSSR count). The first-order chi connectivity index (χ1) is 12.2. The predicted octanol–water partition coefficient (Wildman–Crippen LogP) is 1.87. The lowest BCUT2D eigenvalue weighted by molar-refractivity contribution is 0.149. The summed E-state index contributed by atoms with van der Waals surface area (Å²) in [5.74, 6) is 5.58. The Morgan fingerprint density at radius 3 is 3.12 bits per heavy atom. The fourth-order valence-electron chi connectivity index (χ4n) is 3.27. The van der Waals surface area contributed by atoms with Crippen molar-refractivity contribution in [2.75, 3.05) is 30.3 Å². The highest BCUT2D eigenvalue weighted by molar-refractivity contribution is 7.99. The molecule has 0 saturated carbocycles. The topological polar surface area (TPSA) is 91.1 Å². The van der Waals surface area contributed by atoms with Gasteiger partial charge in [-0.05, 0) is 24.3 Å². The second kappa shape index (κ2) is 8.56. The van der Waals surface area contributed by atoms with Crippen molar-refractivity contribution in [1.29, 1.82) is 0 Å². The third-order valence-corrected chi connectivity index (χ3v) is 5.88. The van der Waals surface area contributed by atoms with Crippen LogP contribution in [0.3, 0.4) is 0 Å². The number of nitrogens with two attached hydrogens (primary N) is 1. The summed E-state index contributed by atoms with van der Waals surface area (Å²) >= 11 is 1.92. The smallest absolute Gasteiger partial charge is 0.151 e. The maximum Gasteiger partial charge on any atom is 0.151 e. The molecule has 25 heavy (non-hydrogen) atoms. The largest absolute Gasteiger partial charge is 0.391 e. The molecule has 2 aromatic heterocycles. The number of aliphatic hydroxyl groups is 1. The van der Waals surface area contributed by atoms with Gasteiger partial charge in [-0.2, -0.15) is 11.8 Å². The van der Waals surface area contributed by atoms with Crippen LogP contribution in [0.15, 0.2) is 12.5 Å². The minimum Gasteiger partial charge on any atom is -0.391 e. The molecular weight excluding hydrogens is 334 g/mol. The number of terminal acetylenes is 1. The van der Waals surface area contributed by atoms with Crippen LogP contribution in [0.5, 0.6) is 0 Å². The van der Waals surface area contributed by atoms with Crippen molar-refractivity contribution < 1.29 is 5.11 Å². The zero-order valence-corrected chi connectivity index (χ0v) is 15.1. The second-order valence-corrected chi connectivity index (χ2v) is 7.70. The second-order valence-electron chi connectivity index (χ2n) is 6.55. The number of thioether (sulfide) groups is 1. The van der Waals surface area contributed by atoms with Crippen molar-refractivity contribution in [3.63, 3.8) is 0 Å². The maximum atomic E-state index is 10.4. The Bertz CT molecular complexity index is 741. The standard InChI is InChI=1S/C18H25N5OS/c1-2-3-4-5-6-25-11-14-9-23(10-15(14)24)8-13-7-20-17-16(13)21-12-22-18(17)19/h1,7,12,14-15,20,24H,3-6,8-11H2,(H2,19,21,22). The van der Waals surface area contributed by atoms with Gasteiger partial charge < -0.3 is 15.8 Å². The number of hydrogen-bond donors (Lipinski definition) is 3. The number of H-pyrrole nitrogens is 1. The van der Waals surface area contributed by atoms with Crippen LogP contribution in [0.1, 0.15) is 24.8 Å². The number of aliphatic hydroxyl groups excluding tert-OH is 1. The van der Waals surface area contributed by atoms with Crippen LogP contribution in [-0.4, -0.2) is 55.7 Å². The summed E-state index contributed by atoms with van der Waals surface area (Å²) in [6.07, 6.45) is 11.5. The molecule has 2 unspecified atom stereocenters. The number of rotatable bonds is 8. The molecule has 0 amide bonds. The van der Waals surface area contributed by atoms with E-state index in [1.54, 1.807) is 0 Å². The van der Waals surface area contributed by atoms with E-state index < -0.39 is 0 Å². The van der Waals surface area contributed by atoms with E-state index in [2.05, 4.69) is 25.8 Å². The van der Waals surface area contributed by atoms with Crippen LogP contribution < -0.4 is 5.73 Å². The monoisotopic (exact) mass is 359 g/mol. The summed E-state index contributed by atoms with van der Waals surface area (Å²) in [6.45, 7) is 2.37. The normalized spacial score (nSPS) is 21.0. The number of anilines is 1. The Labute approximate surface area is 152 Å². The summed E-state index contributed by atoms with van der Waals surface area (Å²) in [5, 5.41) is 10.4.